The van der Waals surface area contributed by atoms with Crippen molar-refractivity contribution < 1.29 is 5.11 Å². The third-order valence-electron chi connectivity index (χ3n) is 1.87. The van der Waals surface area contributed by atoms with Gasteiger partial charge in [0.25, 0.3) is 0 Å². The van der Waals surface area contributed by atoms with Crippen molar-refractivity contribution in [1.29, 1.82) is 0 Å². The molecule has 0 aliphatic heterocycles. The van der Waals surface area contributed by atoms with Gasteiger partial charge in [0.15, 0.2) is 0 Å². The SMILES string of the molecule is CN(C)c1ncccc1C(C)(C)O. The fraction of sp³-hybridized carbons (Fsp3) is 0.500. The molecule has 0 unspecified atom stereocenters. The van der Waals surface area contributed by atoms with Gasteiger partial charge in [-0.2, -0.15) is 0 Å². The fourth-order valence-corrected chi connectivity index (χ4v) is 1.23. The molecule has 0 bridgehead atoms. The van der Waals surface area contributed by atoms with Crippen LogP contribution in [0.2, 0.25) is 0 Å². The Morgan fingerprint density at radius 3 is 2.38 bits per heavy atom. The third kappa shape index (κ3) is 2.18. The van der Waals surface area contributed by atoms with Gasteiger partial charge < -0.3 is 10.0 Å². The highest BCUT2D eigenvalue weighted by Gasteiger charge is 2.21. The molecule has 1 aromatic heterocycles. The van der Waals surface area contributed by atoms with Crippen LogP contribution in [0.5, 0.6) is 0 Å². The highest BCUT2D eigenvalue weighted by molar-refractivity contribution is 5.47. The standard InChI is InChI=1S/C10H16N2O/c1-10(2,13)8-6-5-7-11-9(8)12(3)4/h5-7,13H,1-4H3. The predicted molar refractivity (Wildman–Crippen MR) is 53.8 cm³/mol. The number of aliphatic hydroxyl groups is 1. The maximum atomic E-state index is 9.85. The molecular weight excluding hydrogens is 164 g/mol. The van der Waals surface area contributed by atoms with E-state index >= 15 is 0 Å². The lowest BCUT2D eigenvalue weighted by molar-refractivity contribution is 0.0788. The first-order valence-electron chi connectivity index (χ1n) is 4.28. The molecule has 0 amide bonds. The van der Waals surface area contributed by atoms with E-state index in [0.29, 0.717) is 0 Å². The zero-order valence-electron chi connectivity index (χ0n) is 8.57. The number of rotatable bonds is 2. The summed E-state index contributed by atoms with van der Waals surface area (Å²) in [7, 11) is 3.83. The predicted octanol–water partition coefficient (Wildman–Crippen LogP) is 1.37. The van der Waals surface area contributed by atoms with Crippen molar-refractivity contribution in [3.63, 3.8) is 0 Å². The molecule has 0 aliphatic rings. The van der Waals surface area contributed by atoms with E-state index in [9.17, 15) is 5.11 Å². The summed E-state index contributed by atoms with van der Waals surface area (Å²) < 4.78 is 0. The van der Waals surface area contributed by atoms with Gasteiger partial charge in [0, 0.05) is 25.9 Å². The van der Waals surface area contributed by atoms with Crippen LogP contribution in [0.15, 0.2) is 18.3 Å². The molecule has 0 atom stereocenters. The molecule has 0 aromatic carbocycles. The summed E-state index contributed by atoms with van der Waals surface area (Å²) in [6.07, 6.45) is 1.73. The number of pyridine rings is 1. The molecule has 0 fully saturated rings. The molecular formula is C10H16N2O. The van der Waals surface area contributed by atoms with Crippen LogP contribution in [-0.2, 0) is 5.60 Å². The Bertz CT molecular complexity index is 289. The van der Waals surface area contributed by atoms with Crippen LogP contribution in [0.1, 0.15) is 19.4 Å². The Hall–Kier alpha value is -1.09. The molecule has 72 valence electrons. The van der Waals surface area contributed by atoms with Crippen molar-refractivity contribution in [2.45, 2.75) is 19.4 Å². The van der Waals surface area contributed by atoms with Crippen molar-refractivity contribution >= 4 is 5.82 Å². The van der Waals surface area contributed by atoms with Crippen molar-refractivity contribution in [1.82, 2.24) is 4.98 Å². The average Bonchev–Trinajstić information content (AvgIpc) is 2.03. The van der Waals surface area contributed by atoms with E-state index in [1.165, 1.54) is 0 Å². The van der Waals surface area contributed by atoms with Crippen LogP contribution in [0, 0.1) is 0 Å². The topological polar surface area (TPSA) is 36.4 Å². The van der Waals surface area contributed by atoms with Gasteiger partial charge in [-0.05, 0) is 19.9 Å². The van der Waals surface area contributed by atoms with Crippen LogP contribution in [0.3, 0.4) is 0 Å². The second-order valence-electron chi connectivity index (χ2n) is 3.83. The molecule has 1 N–H and O–H groups in total. The molecule has 0 saturated heterocycles. The monoisotopic (exact) mass is 180 g/mol. The Morgan fingerprint density at radius 2 is 2.00 bits per heavy atom. The summed E-state index contributed by atoms with van der Waals surface area (Å²) in [6.45, 7) is 3.52. The van der Waals surface area contributed by atoms with Gasteiger partial charge in [0.2, 0.25) is 0 Å². The minimum absolute atomic E-state index is 0.815. The number of nitrogens with zero attached hydrogens (tertiary/aromatic N) is 2. The summed E-state index contributed by atoms with van der Waals surface area (Å²) in [5, 5.41) is 9.85. The highest BCUT2D eigenvalue weighted by Crippen LogP contribution is 2.26. The first-order chi connectivity index (χ1) is 5.93. The maximum absolute atomic E-state index is 9.85. The second kappa shape index (κ2) is 3.34. The van der Waals surface area contributed by atoms with Crippen LogP contribution >= 0.6 is 0 Å². The van der Waals surface area contributed by atoms with Gasteiger partial charge in [-0.1, -0.05) is 6.07 Å². The Balaban J connectivity index is 3.20. The number of anilines is 1. The van der Waals surface area contributed by atoms with Gasteiger partial charge in [-0.25, -0.2) is 4.98 Å². The van der Waals surface area contributed by atoms with Gasteiger partial charge in [0.1, 0.15) is 5.82 Å². The van der Waals surface area contributed by atoms with E-state index in [1.54, 1.807) is 20.0 Å². The Labute approximate surface area is 79.0 Å². The third-order valence-corrected chi connectivity index (χ3v) is 1.87. The van der Waals surface area contributed by atoms with Crippen molar-refractivity contribution in [3.8, 4) is 0 Å². The minimum Gasteiger partial charge on any atom is -0.386 e. The zero-order valence-corrected chi connectivity index (χ0v) is 8.57. The molecule has 13 heavy (non-hydrogen) atoms. The largest absolute Gasteiger partial charge is 0.386 e. The summed E-state index contributed by atoms with van der Waals surface area (Å²) >= 11 is 0. The van der Waals surface area contributed by atoms with Gasteiger partial charge in [0.05, 0.1) is 5.60 Å². The van der Waals surface area contributed by atoms with Gasteiger partial charge in [-0.15, -0.1) is 0 Å². The molecule has 3 nitrogen and oxygen atoms in total. The average molecular weight is 180 g/mol. The first-order valence-corrected chi connectivity index (χ1v) is 4.28. The second-order valence-corrected chi connectivity index (χ2v) is 3.83. The summed E-state index contributed by atoms with van der Waals surface area (Å²) in [6, 6.07) is 3.72. The molecule has 0 radical (unpaired) electrons. The van der Waals surface area contributed by atoms with Gasteiger partial charge in [-0.3, -0.25) is 0 Å². The smallest absolute Gasteiger partial charge is 0.134 e. The van der Waals surface area contributed by atoms with E-state index in [4.69, 9.17) is 0 Å². The van der Waals surface area contributed by atoms with Crippen LogP contribution in [0.25, 0.3) is 0 Å². The number of hydrogen-bond donors (Lipinski definition) is 1. The lowest BCUT2D eigenvalue weighted by Gasteiger charge is -2.23. The van der Waals surface area contributed by atoms with Crippen LogP contribution in [0.4, 0.5) is 5.82 Å². The molecule has 0 spiro atoms. The summed E-state index contributed by atoms with van der Waals surface area (Å²) in [5.74, 6) is 0.815. The molecule has 0 saturated carbocycles. The van der Waals surface area contributed by atoms with E-state index < -0.39 is 5.60 Å². The molecule has 1 heterocycles. The maximum Gasteiger partial charge on any atom is 0.134 e. The van der Waals surface area contributed by atoms with E-state index in [0.717, 1.165) is 11.4 Å². The van der Waals surface area contributed by atoms with Crippen molar-refractivity contribution in [3.05, 3.63) is 23.9 Å². The molecule has 1 rings (SSSR count). The molecule has 0 aliphatic carbocycles. The summed E-state index contributed by atoms with van der Waals surface area (Å²) in [4.78, 5) is 6.11. The highest BCUT2D eigenvalue weighted by atomic mass is 16.3. The zero-order chi connectivity index (χ0) is 10.1. The molecule has 3 heteroatoms. The normalized spacial score (nSPS) is 11.5. The van der Waals surface area contributed by atoms with E-state index in [-0.39, 0.29) is 0 Å². The quantitative estimate of drug-likeness (QED) is 0.747. The minimum atomic E-state index is -0.839. The van der Waals surface area contributed by atoms with Crippen molar-refractivity contribution in [2.75, 3.05) is 19.0 Å². The van der Waals surface area contributed by atoms with Gasteiger partial charge >= 0.3 is 0 Å². The lowest BCUT2D eigenvalue weighted by atomic mass is 9.99. The first kappa shape index (κ1) is 9.99. The lowest BCUT2D eigenvalue weighted by Crippen LogP contribution is -2.22. The number of aromatic nitrogens is 1. The Morgan fingerprint density at radius 1 is 1.38 bits per heavy atom. The number of hydrogen-bond acceptors (Lipinski definition) is 3. The van der Waals surface area contributed by atoms with E-state index in [1.807, 2.05) is 31.1 Å². The Kier molecular flexibility index (Phi) is 2.57. The van der Waals surface area contributed by atoms with Crippen LogP contribution < -0.4 is 4.90 Å². The van der Waals surface area contributed by atoms with Crippen molar-refractivity contribution in [2.24, 2.45) is 0 Å². The van der Waals surface area contributed by atoms with E-state index in [2.05, 4.69) is 4.98 Å². The summed E-state index contributed by atoms with van der Waals surface area (Å²) in [5.41, 5.74) is 0.00780. The molecule has 1 aromatic rings. The fourth-order valence-electron chi connectivity index (χ4n) is 1.23. The van der Waals surface area contributed by atoms with Crippen LogP contribution in [-0.4, -0.2) is 24.2 Å².